The molecule has 0 aromatic carbocycles. The third-order valence-corrected chi connectivity index (χ3v) is 5.34. The van der Waals surface area contributed by atoms with Gasteiger partial charge in [0.15, 0.2) is 0 Å². The topological polar surface area (TPSA) is 65.2 Å². The summed E-state index contributed by atoms with van der Waals surface area (Å²) in [4.78, 5) is 3.42. The maximum Gasteiger partial charge on any atom is 0.244 e. The van der Waals surface area contributed by atoms with E-state index in [2.05, 4.69) is 17.2 Å². The minimum Gasteiger partial charge on any atom is -0.363 e. The van der Waals surface area contributed by atoms with Gasteiger partial charge >= 0.3 is 0 Å². The van der Waals surface area contributed by atoms with Gasteiger partial charge in [-0.2, -0.15) is 4.31 Å². The number of rotatable bonds is 8. The number of sulfonamides is 1. The molecular weight excluding hydrogens is 262 g/mol. The Morgan fingerprint density at radius 2 is 2.16 bits per heavy atom. The van der Waals surface area contributed by atoms with E-state index in [9.17, 15) is 8.42 Å². The maximum absolute atomic E-state index is 12.5. The zero-order valence-electron chi connectivity index (χ0n) is 11.6. The minimum absolute atomic E-state index is 0.214. The number of hydrogen-bond donors (Lipinski definition) is 2. The van der Waals surface area contributed by atoms with Gasteiger partial charge in [0, 0.05) is 31.0 Å². The van der Waals surface area contributed by atoms with Crippen LogP contribution in [0, 0.1) is 0 Å². The Bertz CT molecular complexity index is 506. The second-order valence-corrected chi connectivity index (χ2v) is 6.87. The van der Waals surface area contributed by atoms with Gasteiger partial charge in [0.1, 0.15) is 0 Å². The van der Waals surface area contributed by atoms with Crippen molar-refractivity contribution in [3.8, 4) is 0 Å². The molecule has 1 aromatic heterocycles. The van der Waals surface area contributed by atoms with Crippen molar-refractivity contribution >= 4 is 10.0 Å². The van der Waals surface area contributed by atoms with Crippen LogP contribution in [0.2, 0.25) is 0 Å². The minimum atomic E-state index is -3.32. The summed E-state index contributed by atoms with van der Waals surface area (Å²) in [5.74, 6) is 0. The SMILES string of the molecule is CCCNCc1cc(S(=O)(=O)N(CC)C2CC2)c[nH]1. The quantitative estimate of drug-likeness (QED) is 0.714. The second-order valence-electron chi connectivity index (χ2n) is 4.98. The third kappa shape index (κ3) is 3.38. The molecule has 0 bridgehead atoms. The first kappa shape index (κ1) is 14.6. The van der Waals surface area contributed by atoms with Crippen molar-refractivity contribution in [2.75, 3.05) is 13.1 Å². The fraction of sp³-hybridized carbons (Fsp3) is 0.692. The highest BCUT2D eigenvalue weighted by Crippen LogP contribution is 2.31. The summed E-state index contributed by atoms with van der Waals surface area (Å²) < 4.78 is 26.6. The van der Waals surface area contributed by atoms with E-state index in [4.69, 9.17) is 0 Å². The second kappa shape index (κ2) is 6.07. The molecule has 6 heteroatoms. The van der Waals surface area contributed by atoms with Crippen molar-refractivity contribution in [3.63, 3.8) is 0 Å². The first-order chi connectivity index (χ1) is 9.09. The van der Waals surface area contributed by atoms with Crippen molar-refractivity contribution < 1.29 is 8.42 Å². The molecule has 5 nitrogen and oxygen atoms in total. The van der Waals surface area contributed by atoms with Crippen LogP contribution >= 0.6 is 0 Å². The van der Waals surface area contributed by atoms with Crippen LogP contribution in [0.3, 0.4) is 0 Å². The van der Waals surface area contributed by atoms with Gasteiger partial charge in [0.2, 0.25) is 10.0 Å². The predicted octanol–water partition coefficient (Wildman–Crippen LogP) is 1.69. The zero-order chi connectivity index (χ0) is 13.9. The van der Waals surface area contributed by atoms with Crippen molar-refractivity contribution in [3.05, 3.63) is 18.0 Å². The van der Waals surface area contributed by atoms with E-state index in [0.29, 0.717) is 18.0 Å². The van der Waals surface area contributed by atoms with Gasteiger partial charge in [-0.25, -0.2) is 8.42 Å². The average molecular weight is 285 g/mol. The predicted molar refractivity (Wildman–Crippen MR) is 75.4 cm³/mol. The van der Waals surface area contributed by atoms with Gasteiger partial charge < -0.3 is 10.3 Å². The molecule has 2 rings (SSSR count). The molecule has 1 aromatic rings. The molecule has 0 saturated heterocycles. The Balaban J connectivity index is 2.07. The highest BCUT2D eigenvalue weighted by molar-refractivity contribution is 7.89. The van der Waals surface area contributed by atoms with Gasteiger partial charge in [0.25, 0.3) is 0 Å². The summed E-state index contributed by atoms with van der Waals surface area (Å²) in [6.07, 6.45) is 4.64. The average Bonchev–Trinajstić information content (AvgIpc) is 3.07. The zero-order valence-corrected chi connectivity index (χ0v) is 12.5. The lowest BCUT2D eigenvalue weighted by Gasteiger charge is -2.18. The van der Waals surface area contributed by atoms with Crippen LogP contribution in [0.1, 0.15) is 38.8 Å². The van der Waals surface area contributed by atoms with E-state index in [-0.39, 0.29) is 6.04 Å². The Morgan fingerprint density at radius 3 is 2.74 bits per heavy atom. The molecule has 0 amide bonds. The van der Waals surface area contributed by atoms with Crippen LogP contribution in [-0.2, 0) is 16.6 Å². The monoisotopic (exact) mass is 285 g/mol. The Morgan fingerprint density at radius 1 is 1.42 bits per heavy atom. The normalized spacial score (nSPS) is 16.2. The van der Waals surface area contributed by atoms with E-state index < -0.39 is 10.0 Å². The largest absolute Gasteiger partial charge is 0.363 e. The van der Waals surface area contributed by atoms with Gasteiger partial charge in [-0.15, -0.1) is 0 Å². The van der Waals surface area contributed by atoms with Crippen LogP contribution in [0.15, 0.2) is 17.2 Å². The lowest BCUT2D eigenvalue weighted by Crippen LogP contribution is -2.32. The highest BCUT2D eigenvalue weighted by Gasteiger charge is 2.37. The molecule has 0 unspecified atom stereocenters. The van der Waals surface area contributed by atoms with E-state index in [1.165, 1.54) is 0 Å². The Hall–Kier alpha value is -0.850. The first-order valence-corrected chi connectivity index (χ1v) is 8.43. The molecule has 1 aliphatic rings. The lowest BCUT2D eigenvalue weighted by atomic mass is 10.4. The van der Waals surface area contributed by atoms with E-state index in [1.54, 1.807) is 16.6 Å². The van der Waals surface area contributed by atoms with Gasteiger partial charge in [-0.1, -0.05) is 13.8 Å². The summed E-state index contributed by atoms with van der Waals surface area (Å²) in [5.41, 5.74) is 0.916. The Kier molecular flexibility index (Phi) is 4.65. The molecule has 1 aliphatic carbocycles. The smallest absolute Gasteiger partial charge is 0.244 e. The molecule has 1 fully saturated rings. The van der Waals surface area contributed by atoms with Crippen LogP contribution in [0.5, 0.6) is 0 Å². The molecule has 1 heterocycles. The Labute approximate surface area is 115 Å². The van der Waals surface area contributed by atoms with Crippen molar-refractivity contribution in [1.82, 2.24) is 14.6 Å². The summed E-state index contributed by atoms with van der Waals surface area (Å²) in [6, 6.07) is 1.95. The molecule has 1 saturated carbocycles. The van der Waals surface area contributed by atoms with Gasteiger partial charge in [-0.3, -0.25) is 0 Å². The number of nitrogens with zero attached hydrogens (tertiary/aromatic N) is 1. The first-order valence-electron chi connectivity index (χ1n) is 6.99. The summed E-state index contributed by atoms with van der Waals surface area (Å²) in [5, 5.41) is 3.25. The molecule has 0 atom stereocenters. The molecular formula is C13H23N3O2S. The van der Waals surface area contributed by atoms with E-state index in [0.717, 1.165) is 31.5 Å². The molecule has 108 valence electrons. The van der Waals surface area contributed by atoms with Gasteiger partial charge in [0.05, 0.1) is 4.90 Å². The third-order valence-electron chi connectivity index (χ3n) is 3.33. The van der Waals surface area contributed by atoms with Crippen molar-refractivity contribution in [1.29, 1.82) is 0 Å². The highest BCUT2D eigenvalue weighted by atomic mass is 32.2. The summed E-state index contributed by atoms with van der Waals surface area (Å²) in [6.45, 7) is 6.16. The van der Waals surface area contributed by atoms with Crippen LogP contribution < -0.4 is 5.32 Å². The summed E-state index contributed by atoms with van der Waals surface area (Å²) >= 11 is 0. The number of aromatic amines is 1. The fourth-order valence-corrected chi connectivity index (χ4v) is 3.91. The number of hydrogen-bond acceptors (Lipinski definition) is 3. The summed E-state index contributed by atoms with van der Waals surface area (Å²) in [7, 11) is -3.32. The van der Waals surface area contributed by atoms with Crippen molar-refractivity contribution in [2.24, 2.45) is 0 Å². The lowest BCUT2D eigenvalue weighted by molar-refractivity contribution is 0.421. The van der Waals surface area contributed by atoms with Crippen LogP contribution in [0.4, 0.5) is 0 Å². The number of nitrogens with one attached hydrogen (secondary N) is 2. The van der Waals surface area contributed by atoms with Gasteiger partial charge in [-0.05, 0) is 31.9 Å². The number of H-pyrrole nitrogens is 1. The standard InChI is InChI=1S/C13H23N3O2S/c1-3-7-14-9-11-8-13(10-15-11)19(17,18)16(4-2)12-5-6-12/h8,10,12,14-15H,3-7,9H2,1-2H3. The molecule has 0 aliphatic heterocycles. The van der Waals surface area contributed by atoms with E-state index >= 15 is 0 Å². The molecule has 0 radical (unpaired) electrons. The number of aromatic nitrogens is 1. The molecule has 0 spiro atoms. The molecule has 2 N–H and O–H groups in total. The van der Waals surface area contributed by atoms with Crippen LogP contribution in [-0.4, -0.2) is 36.8 Å². The molecule has 19 heavy (non-hydrogen) atoms. The fourth-order valence-electron chi connectivity index (χ4n) is 2.19. The van der Waals surface area contributed by atoms with E-state index in [1.807, 2.05) is 6.92 Å². The van der Waals surface area contributed by atoms with Crippen molar-refractivity contribution in [2.45, 2.75) is 50.6 Å². The van der Waals surface area contributed by atoms with Crippen LogP contribution in [0.25, 0.3) is 0 Å². The maximum atomic E-state index is 12.5.